The van der Waals surface area contributed by atoms with E-state index >= 15 is 0 Å². The molecule has 0 heterocycles. The van der Waals surface area contributed by atoms with E-state index in [1.54, 1.807) is 12.1 Å². The van der Waals surface area contributed by atoms with Gasteiger partial charge in [0.05, 0.1) is 0 Å². The topological polar surface area (TPSA) is 52.9 Å². The van der Waals surface area contributed by atoms with E-state index in [1.165, 1.54) is 0 Å². The third kappa shape index (κ3) is 4.97. The Kier molecular flexibility index (Phi) is 6.41. The highest BCUT2D eigenvalue weighted by Gasteiger charge is 2.11. The summed E-state index contributed by atoms with van der Waals surface area (Å²) in [6.07, 6.45) is 2.35. The Hall–Kier alpha value is -3.16. The maximum atomic E-state index is 12.6. The van der Waals surface area contributed by atoms with Crippen LogP contribution in [-0.2, 0) is 11.2 Å². The van der Waals surface area contributed by atoms with Crippen molar-refractivity contribution in [2.24, 2.45) is 0 Å². The van der Waals surface area contributed by atoms with Gasteiger partial charge in [-0.1, -0.05) is 70.5 Å². The summed E-state index contributed by atoms with van der Waals surface area (Å²) in [5.74, 6) is -0.413. The second-order valence-electron chi connectivity index (χ2n) is 6.46. The third-order valence-corrected chi connectivity index (χ3v) is 5.11. The molecule has 0 saturated carbocycles. The van der Waals surface area contributed by atoms with E-state index in [4.69, 9.17) is 0 Å². The smallest absolute Gasteiger partial charge is 0.266 e. The molecule has 0 aliphatic heterocycles. The number of aryl methyl sites for hydroxylation is 1. The van der Waals surface area contributed by atoms with Crippen LogP contribution in [0.4, 0.5) is 5.69 Å². The van der Waals surface area contributed by atoms with Gasteiger partial charge >= 0.3 is 0 Å². The maximum Gasteiger partial charge on any atom is 0.266 e. The first-order valence-corrected chi connectivity index (χ1v) is 9.67. The Bertz CT molecular complexity index is 1080. The van der Waals surface area contributed by atoms with Crippen molar-refractivity contribution >= 4 is 33.6 Å². The van der Waals surface area contributed by atoms with Crippen LogP contribution < -0.4 is 5.32 Å². The van der Waals surface area contributed by atoms with Gasteiger partial charge in [0.15, 0.2) is 0 Å². The summed E-state index contributed by atoms with van der Waals surface area (Å²) >= 11 is 3.58. The number of amides is 1. The Morgan fingerprint density at radius 1 is 1.04 bits per heavy atom. The lowest BCUT2D eigenvalue weighted by molar-refractivity contribution is -0.112. The lowest BCUT2D eigenvalue weighted by Crippen LogP contribution is -2.13. The lowest BCUT2D eigenvalue weighted by Gasteiger charge is -2.09. The number of nitrogens with zero attached hydrogens (tertiary/aromatic N) is 1. The van der Waals surface area contributed by atoms with Gasteiger partial charge in [0.25, 0.3) is 5.91 Å². The summed E-state index contributed by atoms with van der Waals surface area (Å²) in [6, 6.07) is 25.4. The first-order valence-electron chi connectivity index (χ1n) is 8.88. The van der Waals surface area contributed by atoms with Crippen molar-refractivity contribution in [3.05, 3.63) is 105 Å². The molecular weight excluding hydrogens is 412 g/mol. The molecule has 0 aromatic heterocycles. The fourth-order valence-electron chi connectivity index (χ4n) is 2.91. The number of carbonyl (C=O) groups is 1. The van der Waals surface area contributed by atoms with Crippen LogP contribution in [0.15, 0.2) is 82.8 Å². The van der Waals surface area contributed by atoms with Gasteiger partial charge in [-0.05, 0) is 59.9 Å². The molecule has 0 unspecified atom stereocenters. The molecule has 0 radical (unpaired) electrons. The third-order valence-electron chi connectivity index (χ3n) is 4.33. The largest absolute Gasteiger partial charge is 0.321 e. The Balaban J connectivity index is 1.87. The number of halogens is 1. The van der Waals surface area contributed by atoms with Crippen molar-refractivity contribution in [2.45, 2.75) is 13.3 Å². The molecule has 138 valence electrons. The van der Waals surface area contributed by atoms with Crippen LogP contribution in [0.1, 0.15) is 22.3 Å². The molecule has 1 N–H and O–H groups in total. The van der Waals surface area contributed by atoms with Gasteiger partial charge in [-0.15, -0.1) is 0 Å². The van der Waals surface area contributed by atoms with Crippen LogP contribution in [0, 0.1) is 18.3 Å². The predicted octanol–water partition coefficient (Wildman–Crippen LogP) is 5.89. The van der Waals surface area contributed by atoms with Crippen molar-refractivity contribution in [3.63, 3.8) is 0 Å². The number of nitrogens with one attached hydrogen (secondary N) is 1. The average Bonchev–Trinajstić information content (AvgIpc) is 2.69. The molecule has 0 fully saturated rings. The minimum Gasteiger partial charge on any atom is -0.321 e. The number of hydrogen-bond acceptors (Lipinski definition) is 2. The molecule has 28 heavy (non-hydrogen) atoms. The zero-order chi connectivity index (χ0) is 19.9. The molecule has 3 nitrogen and oxygen atoms in total. The second-order valence-corrected chi connectivity index (χ2v) is 7.31. The molecule has 0 atom stereocenters. The predicted molar refractivity (Wildman–Crippen MR) is 117 cm³/mol. The molecule has 3 aromatic carbocycles. The molecular formula is C24H19BrN2O. The number of nitriles is 1. The van der Waals surface area contributed by atoms with Gasteiger partial charge in [-0.2, -0.15) is 5.26 Å². The molecule has 0 spiro atoms. The zero-order valence-electron chi connectivity index (χ0n) is 15.4. The summed E-state index contributed by atoms with van der Waals surface area (Å²) in [5.41, 5.74) is 4.83. The average molecular weight is 431 g/mol. The van der Waals surface area contributed by atoms with Gasteiger partial charge in [0, 0.05) is 10.2 Å². The minimum atomic E-state index is -0.413. The first kappa shape index (κ1) is 19.6. The zero-order valence-corrected chi connectivity index (χ0v) is 17.0. The summed E-state index contributed by atoms with van der Waals surface area (Å²) in [4.78, 5) is 12.6. The van der Waals surface area contributed by atoms with E-state index in [-0.39, 0.29) is 5.57 Å². The van der Waals surface area contributed by atoms with Crippen LogP contribution in [0.25, 0.3) is 6.08 Å². The molecule has 3 rings (SSSR count). The molecule has 0 aliphatic rings. The fraction of sp³-hybridized carbons (Fsp3) is 0.0833. The summed E-state index contributed by atoms with van der Waals surface area (Å²) in [6.45, 7) is 1.95. The normalized spacial score (nSPS) is 11.0. The number of hydrogen-bond donors (Lipinski definition) is 1. The fourth-order valence-corrected chi connectivity index (χ4v) is 3.33. The first-order chi connectivity index (χ1) is 13.6. The number of carbonyl (C=O) groups excluding carboxylic acids is 1. The standard InChI is InChI=1S/C24H19BrN2O/c1-17-7-6-11-22(13-17)27-24(28)21(16-26)15-19-9-3-2-8-18(19)14-20-10-4-5-12-23(20)25/h2-13,15H,14H2,1H3,(H,27,28)/b21-15+. The summed E-state index contributed by atoms with van der Waals surface area (Å²) in [7, 11) is 0. The van der Waals surface area contributed by atoms with Crippen molar-refractivity contribution in [1.82, 2.24) is 0 Å². The lowest BCUT2D eigenvalue weighted by atomic mass is 9.98. The monoisotopic (exact) mass is 430 g/mol. The second kappa shape index (κ2) is 9.16. The van der Waals surface area contributed by atoms with Gasteiger partial charge in [0.2, 0.25) is 0 Å². The van der Waals surface area contributed by atoms with Gasteiger partial charge in [0.1, 0.15) is 11.6 Å². The van der Waals surface area contributed by atoms with Crippen LogP contribution in [0.5, 0.6) is 0 Å². The van der Waals surface area contributed by atoms with Crippen molar-refractivity contribution in [1.29, 1.82) is 5.26 Å². The van der Waals surface area contributed by atoms with Crippen LogP contribution in [-0.4, -0.2) is 5.91 Å². The molecule has 1 amide bonds. The minimum absolute atomic E-state index is 0.0704. The number of benzene rings is 3. The SMILES string of the molecule is Cc1cccc(NC(=O)/C(C#N)=C/c2ccccc2Cc2ccccc2Br)c1. The van der Waals surface area contributed by atoms with Gasteiger partial charge < -0.3 is 5.32 Å². The van der Waals surface area contributed by atoms with Crippen molar-refractivity contribution < 1.29 is 4.79 Å². The van der Waals surface area contributed by atoms with Crippen LogP contribution in [0.3, 0.4) is 0 Å². The summed E-state index contributed by atoms with van der Waals surface area (Å²) in [5, 5.41) is 12.3. The van der Waals surface area contributed by atoms with Crippen molar-refractivity contribution in [2.75, 3.05) is 5.32 Å². The molecule has 0 saturated heterocycles. The maximum absolute atomic E-state index is 12.6. The highest BCUT2D eigenvalue weighted by Crippen LogP contribution is 2.23. The molecule has 4 heteroatoms. The quantitative estimate of drug-likeness (QED) is 0.404. The Morgan fingerprint density at radius 2 is 1.75 bits per heavy atom. The molecule has 0 bridgehead atoms. The summed E-state index contributed by atoms with van der Waals surface area (Å²) < 4.78 is 1.03. The van der Waals surface area contributed by atoms with Crippen LogP contribution >= 0.6 is 15.9 Å². The van der Waals surface area contributed by atoms with E-state index in [9.17, 15) is 10.1 Å². The van der Waals surface area contributed by atoms with Crippen molar-refractivity contribution in [3.8, 4) is 6.07 Å². The van der Waals surface area contributed by atoms with Gasteiger partial charge in [-0.25, -0.2) is 0 Å². The van der Waals surface area contributed by atoms with E-state index in [1.807, 2.05) is 73.7 Å². The van der Waals surface area contributed by atoms with Crippen LogP contribution in [0.2, 0.25) is 0 Å². The number of anilines is 1. The molecule has 0 aliphatic carbocycles. The Labute approximate surface area is 173 Å². The highest BCUT2D eigenvalue weighted by molar-refractivity contribution is 9.10. The van der Waals surface area contributed by atoms with Gasteiger partial charge in [-0.3, -0.25) is 4.79 Å². The number of rotatable bonds is 5. The molecule has 3 aromatic rings. The van der Waals surface area contributed by atoms with E-state index in [0.717, 1.165) is 26.7 Å². The van der Waals surface area contributed by atoms with E-state index in [0.29, 0.717) is 12.1 Å². The highest BCUT2D eigenvalue weighted by atomic mass is 79.9. The Morgan fingerprint density at radius 3 is 2.46 bits per heavy atom. The van der Waals surface area contributed by atoms with E-state index in [2.05, 4.69) is 27.3 Å². The van der Waals surface area contributed by atoms with E-state index < -0.39 is 5.91 Å².